The number of phenols is 1. The van der Waals surface area contributed by atoms with Crippen LogP contribution in [0.5, 0.6) is 11.5 Å². The number of thiazole rings is 1. The number of halogens is 3. The van der Waals surface area contributed by atoms with Crippen molar-refractivity contribution < 1.29 is 31.4 Å². The van der Waals surface area contributed by atoms with Crippen molar-refractivity contribution in [1.82, 2.24) is 9.97 Å². The summed E-state index contributed by atoms with van der Waals surface area (Å²) in [5.41, 5.74) is -0.774. The van der Waals surface area contributed by atoms with Crippen LogP contribution in [0.15, 0.2) is 59.1 Å². The molecule has 0 atom stereocenters. The number of anilines is 1. The molecule has 0 saturated carbocycles. The number of rotatable bonds is 5. The molecule has 0 bridgehead atoms. The van der Waals surface area contributed by atoms with Crippen LogP contribution in [0.3, 0.4) is 0 Å². The van der Waals surface area contributed by atoms with Crippen LogP contribution >= 0.6 is 11.3 Å². The van der Waals surface area contributed by atoms with E-state index in [1.165, 1.54) is 37.7 Å². The standard InChI is InChI=1S/C20H14F3N3O4S2/c1-30-17-10-25-18(14-4-2-11(8-16(14)27)20(21,22)23)13-5-3-12(9-15(13)17)32(28,29)26-19-24-6-7-31-19/h2-10,27H,1H3,(H,24,26). The zero-order valence-corrected chi connectivity index (χ0v) is 17.8. The van der Waals surface area contributed by atoms with Gasteiger partial charge in [-0.15, -0.1) is 11.3 Å². The molecule has 0 fully saturated rings. The van der Waals surface area contributed by atoms with E-state index in [0.29, 0.717) is 16.8 Å². The Kier molecular flexibility index (Phi) is 5.42. The topological polar surface area (TPSA) is 101 Å². The molecular formula is C20H14F3N3O4S2. The second-order valence-electron chi connectivity index (χ2n) is 6.56. The predicted molar refractivity (Wildman–Crippen MR) is 113 cm³/mol. The number of phenolic OH excluding ortho intramolecular Hbond substituents is 1. The quantitative estimate of drug-likeness (QED) is 0.421. The molecule has 0 aliphatic rings. The lowest BCUT2D eigenvalue weighted by Gasteiger charge is -2.14. The van der Waals surface area contributed by atoms with Gasteiger partial charge in [-0.1, -0.05) is 6.07 Å². The number of alkyl halides is 3. The van der Waals surface area contributed by atoms with E-state index >= 15 is 0 Å². The Morgan fingerprint density at radius 2 is 1.88 bits per heavy atom. The molecule has 4 rings (SSSR count). The molecule has 32 heavy (non-hydrogen) atoms. The van der Waals surface area contributed by atoms with Crippen LogP contribution in [-0.4, -0.2) is 30.6 Å². The number of pyridine rings is 1. The third-order valence-electron chi connectivity index (χ3n) is 4.59. The zero-order valence-electron chi connectivity index (χ0n) is 16.2. The van der Waals surface area contributed by atoms with E-state index in [4.69, 9.17) is 4.74 Å². The number of benzene rings is 2. The van der Waals surface area contributed by atoms with E-state index in [-0.39, 0.29) is 27.0 Å². The maximum absolute atomic E-state index is 12.9. The Morgan fingerprint density at radius 3 is 2.50 bits per heavy atom. The van der Waals surface area contributed by atoms with Crippen molar-refractivity contribution in [3.63, 3.8) is 0 Å². The highest BCUT2D eigenvalue weighted by Gasteiger charge is 2.31. The van der Waals surface area contributed by atoms with Crippen LogP contribution in [0.25, 0.3) is 22.0 Å². The first kappa shape index (κ1) is 21.8. The van der Waals surface area contributed by atoms with Crippen LogP contribution in [0.4, 0.5) is 18.3 Å². The minimum absolute atomic E-state index is 0.0576. The summed E-state index contributed by atoms with van der Waals surface area (Å²) in [5.74, 6) is -0.359. The van der Waals surface area contributed by atoms with E-state index in [0.717, 1.165) is 23.5 Å². The van der Waals surface area contributed by atoms with Crippen molar-refractivity contribution in [1.29, 1.82) is 0 Å². The van der Waals surface area contributed by atoms with Crippen LogP contribution in [0.2, 0.25) is 0 Å². The minimum Gasteiger partial charge on any atom is -0.507 e. The number of nitrogens with zero attached hydrogens (tertiary/aromatic N) is 2. The highest BCUT2D eigenvalue weighted by Crippen LogP contribution is 2.40. The number of nitrogens with one attached hydrogen (secondary N) is 1. The van der Waals surface area contributed by atoms with Gasteiger partial charge in [0.25, 0.3) is 10.0 Å². The molecule has 0 spiro atoms. The molecule has 12 heteroatoms. The molecule has 0 saturated heterocycles. The van der Waals surface area contributed by atoms with Gasteiger partial charge in [-0.05, 0) is 30.3 Å². The minimum atomic E-state index is -4.61. The lowest BCUT2D eigenvalue weighted by Crippen LogP contribution is -2.12. The number of aromatic nitrogens is 2. The predicted octanol–water partition coefficient (Wildman–Crippen LogP) is 4.89. The Labute approximate surface area is 184 Å². The van der Waals surface area contributed by atoms with Crippen molar-refractivity contribution >= 4 is 37.3 Å². The number of hydrogen-bond acceptors (Lipinski definition) is 7. The van der Waals surface area contributed by atoms with Crippen molar-refractivity contribution in [3.05, 3.63) is 59.7 Å². The number of fused-ring (bicyclic) bond motifs is 1. The van der Waals surface area contributed by atoms with E-state index in [9.17, 15) is 26.7 Å². The molecule has 7 nitrogen and oxygen atoms in total. The monoisotopic (exact) mass is 481 g/mol. The molecule has 0 amide bonds. The number of methoxy groups -OCH3 is 1. The molecule has 2 heterocycles. The molecule has 4 aromatic rings. The van der Waals surface area contributed by atoms with Crippen molar-refractivity contribution in [3.8, 4) is 22.8 Å². The molecule has 0 aliphatic carbocycles. The van der Waals surface area contributed by atoms with Gasteiger partial charge >= 0.3 is 6.18 Å². The summed E-state index contributed by atoms with van der Waals surface area (Å²) in [5, 5.41) is 12.8. The fourth-order valence-electron chi connectivity index (χ4n) is 3.10. The Morgan fingerprint density at radius 1 is 1.09 bits per heavy atom. The molecule has 166 valence electrons. The number of aromatic hydroxyl groups is 1. The van der Waals surface area contributed by atoms with Gasteiger partial charge in [0, 0.05) is 27.9 Å². The van der Waals surface area contributed by atoms with Gasteiger partial charge in [0.15, 0.2) is 5.13 Å². The van der Waals surface area contributed by atoms with Crippen LogP contribution in [-0.2, 0) is 16.2 Å². The Hall–Kier alpha value is -3.38. The highest BCUT2D eigenvalue weighted by molar-refractivity contribution is 7.93. The van der Waals surface area contributed by atoms with Crippen LogP contribution in [0, 0.1) is 0 Å². The maximum Gasteiger partial charge on any atom is 0.416 e. The summed E-state index contributed by atoms with van der Waals surface area (Å²) in [7, 11) is -2.58. The van der Waals surface area contributed by atoms with Gasteiger partial charge in [-0.3, -0.25) is 9.71 Å². The van der Waals surface area contributed by atoms with Gasteiger partial charge in [-0.25, -0.2) is 13.4 Å². The number of ether oxygens (including phenoxy) is 1. The van der Waals surface area contributed by atoms with Crippen molar-refractivity contribution in [2.24, 2.45) is 0 Å². The summed E-state index contributed by atoms with van der Waals surface area (Å²) in [6, 6.07) is 6.70. The largest absolute Gasteiger partial charge is 0.507 e. The molecule has 0 aliphatic heterocycles. The molecule has 0 radical (unpaired) electrons. The van der Waals surface area contributed by atoms with Gasteiger partial charge in [0.1, 0.15) is 11.5 Å². The first-order valence-electron chi connectivity index (χ1n) is 8.90. The summed E-state index contributed by atoms with van der Waals surface area (Å²) in [6.45, 7) is 0. The van der Waals surface area contributed by atoms with Gasteiger partial charge in [0.05, 0.1) is 29.5 Å². The van der Waals surface area contributed by atoms with E-state index in [2.05, 4.69) is 14.7 Å². The fraction of sp³-hybridized carbons (Fsp3) is 0.100. The van der Waals surface area contributed by atoms with Gasteiger partial charge in [-0.2, -0.15) is 13.2 Å². The smallest absolute Gasteiger partial charge is 0.416 e. The van der Waals surface area contributed by atoms with Gasteiger partial charge in [0.2, 0.25) is 0 Å². The maximum atomic E-state index is 12.9. The van der Waals surface area contributed by atoms with Crippen molar-refractivity contribution in [2.75, 3.05) is 11.8 Å². The number of sulfonamides is 1. The first-order valence-corrected chi connectivity index (χ1v) is 11.3. The normalized spacial score (nSPS) is 12.1. The van der Waals surface area contributed by atoms with Crippen LogP contribution in [0.1, 0.15) is 5.56 Å². The third kappa shape index (κ3) is 4.06. The summed E-state index contributed by atoms with van der Waals surface area (Å²) < 4.78 is 71.9. The molecular weight excluding hydrogens is 467 g/mol. The van der Waals surface area contributed by atoms with Crippen LogP contribution < -0.4 is 9.46 Å². The lowest BCUT2D eigenvalue weighted by atomic mass is 10.0. The molecule has 2 aromatic heterocycles. The van der Waals surface area contributed by atoms with Gasteiger partial charge < -0.3 is 9.84 Å². The molecule has 0 unspecified atom stereocenters. The second kappa shape index (κ2) is 7.95. The number of hydrogen-bond donors (Lipinski definition) is 2. The first-order chi connectivity index (χ1) is 15.1. The average Bonchev–Trinajstić information content (AvgIpc) is 3.24. The summed E-state index contributed by atoms with van der Waals surface area (Å²) in [6.07, 6.45) is -1.85. The van der Waals surface area contributed by atoms with E-state index in [1.807, 2.05) is 0 Å². The zero-order chi connectivity index (χ0) is 23.1. The lowest BCUT2D eigenvalue weighted by molar-refractivity contribution is -0.137. The summed E-state index contributed by atoms with van der Waals surface area (Å²) >= 11 is 1.12. The third-order valence-corrected chi connectivity index (χ3v) is 6.74. The fourth-order valence-corrected chi connectivity index (χ4v) is 4.91. The summed E-state index contributed by atoms with van der Waals surface area (Å²) in [4.78, 5) is 8.03. The molecule has 2 aromatic carbocycles. The van der Waals surface area contributed by atoms with E-state index < -0.39 is 27.5 Å². The highest BCUT2D eigenvalue weighted by atomic mass is 32.2. The van der Waals surface area contributed by atoms with Crippen molar-refractivity contribution in [2.45, 2.75) is 11.1 Å². The Balaban J connectivity index is 1.85. The second-order valence-corrected chi connectivity index (χ2v) is 9.13. The Bertz CT molecular complexity index is 1410. The molecule has 2 N–H and O–H groups in total. The SMILES string of the molecule is COc1cnc(-c2ccc(C(F)(F)F)cc2O)c2ccc(S(=O)(=O)Nc3nccs3)cc12. The average molecular weight is 481 g/mol. The van der Waals surface area contributed by atoms with E-state index in [1.54, 1.807) is 5.38 Å².